The summed E-state index contributed by atoms with van der Waals surface area (Å²) >= 11 is 1.66. The molecule has 0 spiro atoms. The number of hydrogen-bond donors (Lipinski definition) is 1. The molecule has 0 saturated heterocycles. The molecule has 2 aromatic carbocycles. The molecule has 1 fully saturated rings. The normalized spacial score (nSPS) is 12.8. The lowest BCUT2D eigenvalue weighted by atomic mass is 10.2. The van der Waals surface area contributed by atoms with Crippen LogP contribution in [0, 0.1) is 0 Å². The predicted octanol–water partition coefficient (Wildman–Crippen LogP) is 4.58. The van der Waals surface area contributed by atoms with Gasteiger partial charge in [-0.1, -0.05) is 12.1 Å². The third kappa shape index (κ3) is 5.64. The smallest absolute Gasteiger partial charge is 0.262 e. The zero-order valence-electron chi connectivity index (χ0n) is 17.2. The minimum Gasteiger partial charge on any atom is -0.497 e. The lowest BCUT2D eigenvalue weighted by Gasteiger charge is -2.22. The van der Waals surface area contributed by atoms with Crippen molar-refractivity contribution in [2.24, 2.45) is 0 Å². The Morgan fingerprint density at radius 3 is 2.55 bits per heavy atom. The van der Waals surface area contributed by atoms with Gasteiger partial charge in [0.15, 0.2) is 6.61 Å². The average molecular weight is 437 g/mol. The van der Waals surface area contributed by atoms with Crippen molar-refractivity contribution in [3.05, 3.63) is 76.5 Å². The topological polar surface area (TPSA) is 67.9 Å². The van der Waals surface area contributed by atoms with Crippen LogP contribution in [0.2, 0.25) is 0 Å². The van der Waals surface area contributed by atoms with E-state index < -0.39 is 0 Å². The molecule has 1 N–H and O–H groups in total. The molecule has 1 aliphatic rings. The Morgan fingerprint density at radius 1 is 1.06 bits per heavy atom. The van der Waals surface area contributed by atoms with Gasteiger partial charge in [0.1, 0.15) is 11.5 Å². The molecule has 2 amide bonds. The number of rotatable bonds is 9. The average Bonchev–Trinajstić information content (AvgIpc) is 3.51. The number of benzene rings is 2. The van der Waals surface area contributed by atoms with Crippen LogP contribution in [0.25, 0.3) is 0 Å². The summed E-state index contributed by atoms with van der Waals surface area (Å²) in [6.45, 7) is 0.515. The molecule has 0 aliphatic heterocycles. The second kappa shape index (κ2) is 9.66. The van der Waals surface area contributed by atoms with Gasteiger partial charge in [0.05, 0.1) is 13.7 Å². The fraction of sp³-hybridized carbons (Fsp3) is 0.250. The monoisotopic (exact) mass is 436 g/mol. The Hall–Kier alpha value is -3.32. The Bertz CT molecular complexity index is 1030. The number of anilines is 1. The number of carbonyl (C=O) groups is 2. The first kappa shape index (κ1) is 20.9. The summed E-state index contributed by atoms with van der Waals surface area (Å²) in [5, 5.41) is 4.80. The second-order valence-corrected chi connectivity index (χ2v) is 8.37. The molecule has 4 rings (SSSR count). The van der Waals surface area contributed by atoms with Gasteiger partial charge in [0.25, 0.3) is 11.8 Å². The van der Waals surface area contributed by atoms with Crippen LogP contribution in [-0.4, -0.2) is 36.5 Å². The Kier molecular flexibility index (Phi) is 6.52. The van der Waals surface area contributed by atoms with E-state index in [-0.39, 0.29) is 18.4 Å². The number of thiophene rings is 1. The number of carbonyl (C=O) groups excluding carboxylic acids is 2. The molecule has 7 heteroatoms. The van der Waals surface area contributed by atoms with E-state index in [2.05, 4.69) is 11.4 Å². The van der Waals surface area contributed by atoms with E-state index in [0.29, 0.717) is 35.3 Å². The highest BCUT2D eigenvalue weighted by Crippen LogP contribution is 2.31. The highest BCUT2D eigenvalue weighted by molar-refractivity contribution is 7.09. The number of methoxy groups -OCH3 is 1. The van der Waals surface area contributed by atoms with Gasteiger partial charge < -0.3 is 19.7 Å². The van der Waals surface area contributed by atoms with Gasteiger partial charge >= 0.3 is 0 Å². The van der Waals surface area contributed by atoms with Gasteiger partial charge in [0.2, 0.25) is 0 Å². The number of nitrogens with zero attached hydrogens (tertiary/aromatic N) is 1. The first-order chi connectivity index (χ1) is 15.1. The lowest BCUT2D eigenvalue weighted by Crippen LogP contribution is -2.32. The highest BCUT2D eigenvalue weighted by atomic mass is 32.1. The molecule has 0 bridgehead atoms. The highest BCUT2D eigenvalue weighted by Gasteiger charge is 2.33. The number of ether oxygens (including phenoxy) is 2. The summed E-state index contributed by atoms with van der Waals surface area (Å²) < 4.78 is 10.7. The van der Waals surface area contributed by atoms with Gasteiger partial charge in [-0.2, -0.15) is 0 Å². The minimum absolute atomic E-state index is 0.0261. The SMILES string of the molecule is COc1cccc(NC(=O)COc2ccc(C(=O)N(Cc3cccs3)C3CC3)cc2)c1. The lowest BCUT2D eigenvalue weighted by molar-refractivity contribution is -0.118. The van der Waals surface area contributed by atoms with Crippen molar-refractivity contribution in [1.29, 1.82) is 0 Å². The van der Waals surface area contributed by atoms with Gasteiger partial charge in [-0.3, -0.25) is 9.59 Å². The van der Waals surface area contributed by atoms with Gasteiger partial charge in [-0.25, -0.2) is 0 Å². The van der Waals surface area contributed by atoms with Crippen LogP contribution < -0.4 is 14.8 Å². The predicted molar refractivity (Wildman–Crippen MR) is 121 cm³/mol. The first-order valence-corrected chi connectivity index (χ1v) is 11.0. The molecule has 1 saturated carbocycles. The zero-order chi connectivity index (χ0) is 21.6. The summed E-state index contributed by atoms with van der Waals surface area (Å²) in [5.74, 6) is 0.953. The first-order valence-electron chi connectivity index (χ1n) is 10.1. The summed E-state index contributed by atoms with van der Waals surface area (Å²) in [6, 6.07) is 18.5. The molecule has 0 atom stereocenters. The number of hydrogen-bond acceptors (Lipinski definition) is 5. The van der Waals surface area contributed by atoms with E-state index in [0.717, 1.165) is 12.8 Å². The number of amides is 2. The summed E-state index contributed by atoms with van der Waals surface area (Å²) in [6.07, 6.45) is 2.11. The maximum absolute atomic E-state index is 13.0. The maximum atomic E-state index is 13.0. The fourth-order valence-corrected chi connectivity index (χ4v) is 3.93. The maximum Gasteiger partial charge on any atom is 0.262 e. The Labute approximate surface area is 185 Å². The van der Waals surface area contributed by atoms with E-state index in [9.17, 15) is 9.59 Å². The van der Waals surface area contributed by atoms with Crippen molar-refractivity contribution < 1.29 is 19.1 Å². The molecule has 3 aromatic rings. The molecule has 1 heterocycles. The van der Waals surface area contributed by atoms with Crippen LogP contribution in [0.5, 0.6) is 11.5 Å². The molecule has 0 unspecified atom stereocenters. The molecule has 6 nitrogen and oxygen atoms in total. The standard InChI is InChI=1S/C24H24N2O4S/c1-29-21-5-2-4-18(14-21)25-23(27)16-30-20-11-7-17(8-12-20)24(28)26(19-9-10-19)15-22-6-3-13-31-22/h2-8,11-14,19H,9-10,15-16H2,1H3,(H,25,27). The van der Waals surface area contributed by atoms with Crippen LogP contribution in [-0.2, 0) is 11.3 Å². The molecular weight excluding hydrogens is 412 g/mol. The molecule has 1 aromatic heterocycles. The molecule has 160 valence electrons. The van der Waals surface area contributed by atoms with E-state index in [1.165, 1.54) is 4.88 Å². The van der Waals surface area contributed by atoms with E-state index in [1.807, 2.05) is 16.3 Å². The fourth-order valence-electron chi connectivity index (χ4n) is 3.23. The van der Waals surface area contributed by atoms with Crippen molar-refractivity contribution >= 4 is 28.8 Å². The van der Waals surface area contributed by atoms with Crippen molar-refractivity contribution in [1.82, 2.24) is 4.90 Å². The summed E-state index contributed by atoms with van der Waals surface area (Å²) in [5.41, 5.74) is 1.26. The van der Waals surface area contributed by atoms with Gasteiger partial charge in [0, 0.05) is 28.2 Å². The van der Waals surface area contributed by atoms with Crippen LogP contribution in [0.3, 0.4) is 0 Å². The van der Waals surface area contributed by atoms with Gasteiger partial charge in [-0.05, 0) is 60.7 Å². The minimum atomic E-state index is -0.274. The van der Waals surface area contributed by atoms with Crippen LogP contribution in [0.4, 0.5) is 5.69 Å². The van der Waals surface area contributed by atoms with Crippen molar-refractivity contribution in [2.45, 2.75) is 25.4 Å². The second-order valence-electron chi connectivity index (χ2n) is 7.34. The van der Waals surface area contributed by atoms with Gasteiger partial charge in [-0.15, -0.1) is 11.3 Å². The summed E-state index contributed by atoms with van der Waals surface area (Å²) in [7, 11) is 1.57. The largest absolute Gasteiger partial charge is 0.497 e. The Morgan fingerprint density at radius 2 is 1.87 bits per heavy atom. The summed E-state index contributed by atoms with van der Waals surface area (Å²) in [4.78, 5) is 28.3. The third-order valence-corrected chi connectivity index (χ3v) is 5.84. The zero-order valence-corrected chi connectivity index (χ0v) is 18.1. The van der Waals surface area contributed by atoms with Crippen molar-refractivity contribution in [2.75, 3.05) is 19.0 Å². The Balaban J connectivity index is 1.32. The van der Waals surface area contributed by atoms with Crippen LogP contribution >= 0.6 is 11.3 Å². The van der Waals surface area contributed by atoms with Crippen molar-refractivity contribution in [3.63, 3.8) is 0 Å². The molecule has 1 aliphatic carbocycles. The van der Waals surface area contributed by atoms with E-state index in [1.54, 1.807) is 67.0 Å². The van der Waals surface area contributed by atoms with E-state index >= 15 is 0 Å². The molecular formula is C24H24N2O4S. The van der Waals surface area contributed by atoms with Crippen LogP contribution in [0.15, 0.2) is 66.0 Å². The van der Waals surface area contributed by atoms with E-state index in [4.69, 9.17) is 9.47 Å². The van der Waals surface area contributed by atoms with Crippen LogP contribution in [0.1, 0.15) is 28.1 Å². The molecule has 0 radical (unpaired) electrons. The number of nitrogens with one attached hydrogen (secondary N) is 1. The quantitative estimate of drug-likeness (QED) is 0.533. The van der Waals surface area contributed by atoms with Crippen molar-refractivity contribution in [3.8, 4) is 11.5 Å². The third-order valence-electron chi connectivity index (χ3n) is 4.98. The molecule has 31 heavy (non-hydrogen) atoms.